The molecular weight excluding hydrogens is 171 g/mol. The predicted octanol–water partition coefficient (Wildman–Crippen LogP) is 3.42. The lowest BCUT2D eigenvalue weighted by molar-refractivity contribution is 0.597. The molecule has 1 rings (SSSR count). The van der Waals surface area contributed by atoms with Gasteiger partial charge in [0.2, 0.25) is 0 Å². The highest BCUT2D eigenvalue weighted by molar-refractivity contribution is 7.98. The number of benzene rings is 1. The highest BCUT2D eigenvalue weighted by Gasteiger charge is 2.07. The molecule has 0 aliphatic rings. The van der Waals surface area contributed by atoms with E-state index in [1.165, 1.54) is 0 Å². The van der Waals surface area contributed by atoms with Gasteiger partial charge < -0.3 is 0 Å². The molecule has 0 atom stereocenters. The minimum atomic E-state index is -0.0376. The lowest BCUT2D eigenvalue weighted by Gasteiger charge is -2.07. The average Bonchev–Trinajstić information content (AvgIpc) is 2.09. The third kappa shape index (κ3) is 1.63. The molecule has 0 heterocycles. The van der Waals surface area contributed by atoms with Gasteiger partial charge in [0.15, 0.2) is 0 Å². The van der Waals surface area contributed by atoms with Crippen molar-refractivity contribution in [1.82, 2.24) is 0 Å². The van der Waals surface area contributed by atoms with Gasteiger partial charge in [0.1, 0.15) is 5.82 Å². The maximum atomic E-state index is 13.4. The molecule has 0 amide bonds. The van der Waals surface area contributed by atoms with Crippen LogP contribution in [0.25, 0.3) is 0 Å². The molecule has 0 radical (unpaired) electrons. The van der Waals surface area contributed by atoms with E-state index in [0.717, 1.165) is 22.4 Å². The van der Waals surface area contributed by atoms with Gasteiger partial charge in [-0.1, -0.05) is 13.0 Å². The number of hydrogen-bond donors (Lipinski definition) is 0. The first-order chi connectivity index (χ1) is 5.70. The van der Waals surface area contributed by atoms with Crippen LogP contribution in [0.2, 0.25) is 0 Å². The van der Waals surface area contributed by atoms with Crippen LogP contribution >= 0.6 is 11.8 Å². The minimum absolute atomic E-state index is 0.0376. The molecule has 0 aromatic heterocycles. The second-order valence-electron chi connectivity index (χ2n) is 2.73. The fourth-order valence-electron chi connectivity index (χ4n) is 1.24. The monoisotopic (exact) mass is 184 g/mol. The average molecular weight is 184 g/mol. The standard InChI is InChI=1S/C10H13FS/c1-4-8-9(12-3)6-5-7(2)10(8)11/h5-6H,4H2,1-3H3. The van der Waals surface area contributed by atoms with Gasteiger partial charge in [0.25, 0.3) is 0 Å². The summed E-state index contributed by atoms with van der Waals surface area (Å²) in [6, 6.07) is 3.82. The summed E-state index contributed by atoms with van der Waals surface area (Å²) < 4.78 is 13.4. The Morgan fingerprint density at radius 2 is 2.08 bits per heavy atom. The number of halogens is 1. The molecule has 12 heavy (non-hydrogen) atoms. The Kier molecular flexibility index (Phi) is 3.15. The molecule has 0 unspecified atom stereocenters. The molecule has 1 aromatic carbocycles. The van der Waals surface area contributed by atoms with Crippen molar-refractivity contribution in [2.75, 3.05) is 6.26 Å². The second-order valence-corrected chi connectivity index (χ2v) is 3.58. The van der Waals surface area contributed by atoms with E-state index >= 15 is 0 Å². The summed E-state index contributed by atoms with van der Waals surface area (Å²) >= 11 is 1.60. The first-order valence-electron chi connectivity index (χ1n) is 4.02. The third-order valence-corrected chi connectivity index (χ3v) is 2.79. The molecule has 0 spiro atoms. The number of aryl methyl sites for hydroxylation is 1. The Bertz CT molecular complexity index is 281. The summed E-state index contributed by atoms with van der Waals surface area (Å²) in [5, 5.41) is 0. The lowest BCUT2D eigenvalue weighted by atomic mass is 10.1. The zero-order valence-electron chi connectivity index (χ0n) is 7.65. The van der Waals surface area contributed by atoms with Gasteiger partial charge in [0, 0.05) is 10.5 Å². The van der Waals surface area contributed by atoms with Crippen molar-refractivity contribution in [3.05, 3.63) is 29.1 Å². The second kappa shape index (κ2) is 3.94. The number of rotatable bonds is 2. The lowest BCUT2D eigenvalue weighted by Crippen LogP contribution is -1.93. The van der Waals surface area contributed by atoms with Crippen molar-refractivity contribution in [2.45, 2.75) is 25.2 Å². The Balaban J connectivity index is 3.25. The van der Waals surface area contributed by atoms with Crippen LogP contribution < -0.4 is 0 Å². The molecule has 0 aliphatic carbocycles. The largest absolute Gasteiger partial charge is 0.206 e. The van der Waals surface area contributed by atoms with E-state index in [9.17, 15) is 4.39 Å². The molecule has 0 nitrogen and oxygen atoms in total. The normalized spacial score (nSPS) is 10.3. The van der Waals surface area contributed by atoms with Crippen LogP contribution in [-0.2, 0) is 6.42 Å². The number of hydrogen-bond acceptors (Lipinski definition) is 1. The van der Waals surface area contributed by atoms with Crippen molar-refractivity contribution in [2.24, 2.45) is 0 Å². The van der Waals surface area contributed by atoms with Gasteiger partial charge in [-0.05, 0) is 31.2 Å². The molecule has 0 saturated heterocycles. The van der Waals surface area contributed by atoms with Gasteiger partial charge in [0.05, 0.1) is 0 Å². The van der Waals surface area contributed by atoms with Crippen LogP contribution in [0.4, 0.5) is 4.39 Å². The van der Waals surface area contributed by atoms with Crippen molar-refractivity contribution >= 4 is 11.8 Å². The molecule has 1 aromatic rings. The van der Waals surface area contributed by atoms with Crippen LogP contribution in [0.1, 0.15) is 18.1 Å². The zero-order valence-corrected chi connectivity index (χ0v) is 8.46. The molecule has 0 aliphatic heterocycles. The summed E-state index contributed by atoms with van der Waals surface area (Å²) in [7, 11) is 0. The highest BCUT2D eigenvalue weighted by Crippen LogP contribution is 2.25. The van der Waals surface area contributed by atoms with E-state index in [4.69, 9.17) is 0 Å². The van der Waals surface area contributed by atoms with Gasteiger partial charge in [-0.15, -0.1) is 11.8 Å². The van der Waals surface area contributed by atoms with E-state index in [0.29, 0.717) is 0 Å². The third-order valence-electron chi connectivity index (χ3n) is 1.97. The van der Waals surface area contributed by atoms with Crippen molar-refractivity contribution in [3.8, 4) is 0 Å². The van der Waals surface area contributed by atoms with E-state index in [-0.39, 0.29) is 5.82 Å². The van der Waals surface area contributed by atoms with Gasteiger partial charge in [-0.25, -0.2) is 4.39 Å². The Hall–Kier alpha value is -0.500. The summed E-state index contributed by atoms with van der Waals surface area (Å²) in [6.07, 6.45) is 2.74. The van der Waals surface area contributed by atoms with Crippen LogP contribution in [-0.4, -0.2) is 6.26 Å². The summed E-state index contributed by atoms with van der Waals surface area (Å²) in [4.78, 5) is 1.06. The molecule has 0 saturated carbocycles. The SMILES string of the molecule is CCc1c(SC)ccc(C)c1F. The molecule has 0 N–H and O–H groups in total. The Labute approximate surface area is 77.2 Å². The summed E-state index contributed by atoms with van der Waals surface area (Å²) in [5.74, 6) is -0.0376. The Morgan fingerprint density at radius 3 is 2.58 bits per heavy atom. The molecule has 2 heteroatoms. The topological polar surface area (TPSA) is 0 Å². The smallest absolute Gasteiger partial charge is 0.130 e. The molecule has 0 bridgehead atoms. The van der Waals surface area contributed by atoms with Gasteiger partial charge in [-0.2, -0.15) is 0 Å². The molecule has 66 valence electrons. The fraction of sp³-hybridized carbons (Fsp3) is 0.400. The Morgan fingerprint density at radius 1 is 1.42 bits per heavy atom. The van der Waals surface area contributed by atoms with Crippen LogP contribution in [0.3, 0.4) is 0 Å². The van der Waals surface area contributed by atoms with Gasteiger partial charge >= 0.3 is 0 Å². The maximum absolute atomic E-state index is 13.4. The quantitative estimate of drug-likeness (QED) is 0.635. The first kappa shape index (κ1) is 9.59. The summed E-state index contributed by atoms with van der Waals surface area (Å²) in [6.45, 7) is 3.79. The van der Waals surface area contributed by atoms with E-state index in [2.05, 4.69) is 0 Å². The molecular formula is C10H13FS. The maximum Gasteiger partial charge on any atom is 0.130 e. The van der Waals surface area contributed by atoms with Gasteiger partial charge in [-0.3, -0.25) is 0 Å². The molecule has 0 fully saturated rings. The van der Waals surface area contributed by atoms with Crippen molar-refractivity contribution < 1.29 is 4.39 Å². The van der Waals surface area contributed by atoms with E-state index < -0.39 is 0 Å². The number of thioether (sulfide) groups is 1. The van der Waals surface area contributed by atoms with Crippen LogP contribution in [0, 0.1) is 12.7 Å². The van der Waals surface area contributed by atoms with Crippen LogP contribution in [0.15, 0.2) is 17.0 Å². The first-order valence-corrected chi connectivity index (χ1v) is 5.25. The minimum Gasteiger partial charge on any atom is -0.206 e. The van der Waals surface area contributed by atoms with Crippen LogP contribution in [0.5, 0.6) is 0 Å². The van der Waals surface area contributed by atoms with Crippen molar-refractivity contribution in [3.63, 3.8) is 0 Å². The van der Waals surface area contributed by atoms with Crippen molar-refractivity contribution in [1.29, 1.82) is 0 Å². The zero-order chi connectivity index (χ0) is 9.14. The van der Waals surface area contributed by atoms with E-state index in [1.54, 1.807) is 18.7 Å². The predicted molar refractivity (Wildman–Crippen MR) is 52.3 cm³/mol. The summed E-state index contributed by atoms with van der Waals surface area (Å²) in [5.41, 5.74) is 1.59. The fourth-order valence-corrected chi connectivity index (χ4v) is 1.93. The van der Waals surface area contributed by atoms with E-state index in [1.807, 2.05) is 25.3 Å². The highest BCUT2D eigenvalue weighted by atomic mass is 32.2.